The lowest BCUT2D eigenvalue weighted by molar-refractivity contribution is 0.400. The minimum atomic E-state index is -0.469. The van der Waals surface area contributed by atoms with Gasteiger partial charge < -0.3 is 19.0 Å². The van der Waals surface area contributed by atoms with Crippen molar-refractivity contribution in [3.63, 3.8) is 0 Å². The van der Waals surface area contributed by atoms with Crippen LogP contribution in [0.5, 0.6) is 17.2 Å². The van der Waals surface area contributed by atoms with E-state index in [9.17, 15) is 9.90 Å². The molecule has 0 aliphatic rings. The summed E-state index contributed by atoms with van der Waals surface area (Å²) >= 11 is 0. The number of hydrogen-bond donors (Lipinski definition) is 1. The summed E-state index contributed by atoms with van der Waals surface area (Å²) in [5.41, 5.74) is 3.26. The van der Waals surface area contributed by atoms with Gasteiger partial charge in [0.15, 0.2) is 5.75 Å². The summed E-state index contributed by atoms with van der Waals surface area (Å²) < 4.78 is 13.1. The molecular weight excluding hydrogens is 378 g/mol. The van der Waals surface area contributed by atoms with Gasteiger partial charge in [0.05, 0.1) is 36.2 Å². The molecule has 0 amide bonds. The van der Waals surface area contributed by atoms with Gasteiger partial charge >= 0.3 is 0 Å². The Morgan fingerprint density at radius 1 is 0.800 bits per heavy atom. The normalized spacial score (nSPS) is 11.3. The van der Waals surface area contributed by atoms with Crippen molar-refractivity contribution in [2.45, 2.75) is 0 Å². The number of ether oxygens (including phenoxy) is 2. The SMILES string of the molecule is COc1cc(OC)c2c(=O)c(O)c(-c3ccccc3)n3cc(-c4ccccc4)c1c23. The van der Waals surface area contributed by atoms with Crippen LogP contribution >= 0.6 is 0 Å². The van der Waals surface area contributed by atoms with E-state index in [1.54, 1.807) is 13.2 Å². The molecule has 0 unspecified atom stereocenters. The molecule has 5 rings (SSSR count). The summed E-state index contributed by atoms with van der Waals surface area (Å²) in [6.07, 6.45) is 1.94. The molecule has 0 atom stereocenters. The van der Waals surface area contributed by atoms with E-state index in [1.165, 1.54) is 7.11 Å². The van der Waals surface area contributed by atoms with E-state index in [4.69, 9.17) is 9.47 Å². The highest BCUT2D eigenvalue weighted by atomic mass is 16.5. The number of pyridine rings is 1. The molecule has 0 aliphatic carbocycles. The molecule has 2 aromatic heterocycles. The third-order valence-corrected chi connectivity index (χ3v) is 5.48. The van der Waals surface area contributed by atoms with Crippen molar-refractivity contribution in [1.29, 1.82) is 0 Å². The highest BCUT2D eigenvalue weighted by Crippen LogP contribution is 2.45. The Labute approximate surface area is 172 Å². The molecule has 5 nitrogen and oxygen atoms in total. The van der Waals surface area contributed by atoms with E-state index in [-0.39, 0.29) is 5.75 Å². The molecule has 2 heterocycles. The van der Waals surface area contributed by atoms with Gasteiger partial charge in [-0.05, 0) is 5.56 Å². The predicted octanol–water partition coefficient (Wildman–Crippen LogP) is 4.95. The van der Waals surface area contributed by atoms with Gasteiger partial charge in [-0.15, -0.1) is 0 Å². The number of rotatable bonds is 4. The van der Waals surface area contributed by atoms with Crippen molar-refractivity contribution in [1.82, 2.24) is 4.40 Å². The lowest BCUT2D eigenvalue weighted by Crippen LogP contribution is -2.09. The van der Waals surface area contributed by atoms with E-state index in [0.717, 1.165) is 22.1 Å². The zero-order chi connectivity index (χ0) is 20.8. The summed E-state index contributed by atoms with van der Waals surface area (Å²) in [5.74, 6) is 0.653. The fourth-order valence-corrected chi connectivity index (χ4v) is 4.15. The fraction of sp³-hybridized carbons (Fsp3) is 0.0800. The molecule has 3 aromatic carbocycles. The first-order valence-corrected chi connectivity index (χ1v) is 9.55. The summed E-state index contributed by atoms with van der Waals surface area (Å²) in [6, 6.07) is 21.0. The zero-order valence-corrected chi connectivity index (χ0v) is 16.5. The van der Waals surface area contributed by atoms with Crippen molar-refractivity contribution in [2.75, 3.05) is 14.2 Å². The van der Waals surface area contributed by atoms with Crippen LogP contribution in [0.1, 0.15) is 0 Å². The molecule has 30 heavy (non-hydrogen) atoms. The van der Waals surface area contributed by atoms with Crippen LogP contribution in [-0.2, 0) is 0 Å². The molecule has 0 saturated carbocycles. The Hall–Kier alpha value is -3.99. The van der Waals surface area contributed by atoms with E-state index < -0.39 is 5.43 Å². The minimum Gasteiger partial charge on any atom is -0.503 e. The first kappa shape index (κ1) is 18.1. The van der Waals surface area contributed by atoms with Crippen LogP contribution in [0.25, 0.3) is 38.7 Å². The molecule has 5 heteroatoms. The van der Waals surface area contributed by atoms with Crippen LogP contribution in [0.2, 0.25) is 0 Å². The van der Waals surface area contributed by atoms with Crippen LogP contribution in [0, 0.1) is 0 Å². The Morgan fingerprint density at radius 2 is 1.37 bits per heavy atom. The highest BCUT2D eigenvalue weighted by molar-refractivity contribution is 6.12. The van der Waals surface area contributed by atoms with Crippen LogP contribution in [0.3, 0.4) is 0 Å². The molecule has 5 aromatic rings. The van der Waals surface area contributed by atoms with Gasteiger partial charge in [-0.3, -0.25) is 4.79 Å². The predicted molar refractivity (Wildman–Crippen MR) is 118 cm³/mol. The minimum absolute atomic E-state index is 0.311. The van der Waals surface area contributed by atoms with Crippen LogP contribution in [0.4, 0.5) is 0 Å². The van der Waals surface area contributed by atoms with Gasteiger partial charge in [-0.25, -0.2) is 0 Å². The van der Waals surface area contributed by atoms with Crippen LogP contribution in [-0.4, -0.2) is 23.7 Å². The van der Waals surface area contributed by atoms with Gasteiger partial charge in [0.25, 0.3) is 0 Å². The average molecular weight is 397 g/mol. The van der Waals surface area contributed by atoms with Gasteiger partial charge in [0.2, 0.25) is 5.43 Å². The number of nitrogens with zero attached hydrogens (tertiary/aromatic N) is 1. The number of benzene rings is 3. The van der Waals surface area contributed by atoms with Crippen molar-refractivity contribution in [3.05, 3.63) is 83.2 Å². The molecule has 0 spiro atoms. The Balaban J connectivity index is 2.06. The standard InChI is InChI=1S/C25H19NO4/c1-29-18-13-19(30-2)21-23-20(18)17(15-9-5-3-6-10-15)14-26(23)22(25(28)24(21)27)16-11-7-4-8-12-16/h3-14,28H,1-2H3. The molecular formula is C25H19NO4. The largest absolute Gasteiger partial charge is 0.503 e. The zero-order valence-electron chi connectivity index (χ0n) is 16.5. The Morgan fingerprint density at radius 3 is 1.97 bits per heavy atom. The number of hydrogen-bond acceptors (Lipinski definition) is 4. The van der Waals surface area contributed by atoms with Crippen molar-refractivity contribution < 1.29 is 14.6 Å². The van der Waals surface area contributed by atoms with E-state index in [1.807, 2.05) is 71.3 Å². The van der Waals surface area contributed by atoms with Crippen LogP contribution < -0.4 is 14.9 Å². The van der Waals surface area contributed by atoms with Gasteiger partial charge in [0, 0.05) is 23.4 Å². The maximum Gasteiger partial charge on any atom is 0.235 e. The summed E-state index contributed by atoms with van der Waals surface area (Å²) in [7, 11) is 3.10. The lowest BCUT2D eigenvalue weighted by Gasteiger charge is -2.14. The summed E-state index contributed by atoms with van der Waals surface area (Å²) in [4.78, 5) is 13.3. The first-order chi connectivity index (χ1) is 14.7. The van der Waals surface area contributed by atoms with Crippen LogP contribution in [0.15, 0.2) is 77.7 Å². The number of methoxy groups -OCH3 is 2. The monoisotopic (exact) mass is 397 g/mol. The Kier molecular flexibility index (Phi) is 4.10. The highest BCUT2D eigenvalue weighted by Gasteiger charge is 2.26. The van der Waals surface area contributed by atoms with Crippen molar-refractivity contribution in [2.24, 2.45) is 0 Å². The smallest absolute Gasteiger partial charge is 0.235 e. The second-order valence-corrected chi connectivity index (χ2v) is 7.05. The molecule has 0 bridgehead atoms. The maximum atomic E-state index is 13.3. The summed E-state index contributed by atoms with van der Waals surface area (Å²) in [5, 5.41) is 12.1. The van der Waals surface area contributed by atoms with Crippen molar-refractivity contribution in [3.8, 4) is 39.6 Å². The van der Waals surface area contributed by atoms with E-state index >= 15 is 0 Å². The topological polar surface area (TPSA) is 60.2 Å². The molecule has 0 aliphatic heterocycles. The third kappa shape index (κ3) is 2.45. The number of aromatic hydroxyl groups is 1. The second-order valence-electron chi connectivity index (χ2n) is 7.05. The maximum absolute atomic E-state index is 13.3. The fourth-order valence-electron chi connectivity index (χ4n) is 4.15. The van der Waals surface area contributed by atoms with Gasteiger partial charge in [0.1, 0.15) is 11.5 Å². The van der Waals surface area contributed by atoms with E-state index in [0.29, 0.717) is 28.1 Å². The molecule has 0 saturated heterocycles. The molecule has 148 valence electrons. The second kappa shape index (κ2) is 6.81. The molecule has 1 N–H and O–H groups in total. The van der Waals surface area contributed by atoms with Gasteiger partial charge in [-0.1, -0.05) is 60.7 Å². The molecule has 0 radical (unpaired) electrons. The van der Waals surface area contributed by atoms with Crippen molar-refractivity contribution >= 4 is 16.3 Å². The average Bonchev–Trinajstić information content (AvgIpc) is 3.19. The number of aromatic nitrogens is 1. The third-order valence-electron chi connectivity index (χ3n) is 5.48. The molecule has 0 fully saturated rings. The quantitative estimate of drug-likeness (QED) is 0.466. The van der Waals surface area contributed by atoms with E-state index in [2.05, 4.69) is 0 Å². The van der Waals surface area contributed by atoms with Gasteiger partial charge in [-0.2, -0.15) is 0 Å². The first-order valence-electron chi connectivity index (χ1n) is 9.55. The lowest BCUT2D eigenvalue weighted by atomic mass is 10.0. The Bertz CT molecular complexity index is 1420. The summed E-state index contributed by atoms with van der Waals surface area (Å²) in [6.45, 7) is 0.